The molecule has 33 heavy (non-hydrogen) atoms. The lowest BCUT2D eigenvalue weighted by molar-refractivity contribution is 0.0627. The molecule has 1 amide bonds. The Bertz CT molecular complexity index is 1250. The number of nitrogens with zero attached hydrogens (tertiary/aromatic N) is 5. The highest BCUT2D eigenvalue weighted by atomic mass is 16.2. The third-order valence-corrected chi connectivity index (χ3v) is 6.38. The van der Waals surface area contributed by atoms with Crippen LogP contribution in [0, 0.1) is 0 Å². The molecule has 0 spiro atoms. The van der Waals surface area contributed by atoms with Gasteiger partial charge in [-0.3, -0.25) is 9.69 Å². The number of carbonyl (C=O) groups is 1. The summed E-state index contributed by atoms with van der Waals surface area (Å²) < 4.78 is 1.80. The van der Waals surface area contributed by atoms with E-state index in [1.54, 1.807) is 17.1 Å². The number of aromatic nitrogens is 3. The van der Waals surface area contributed by atoms with Gasteiger partial charge in [0.15, 0.2) is 5.82 Å². The zero-order chi connectivity index (χ0) is 22.8. The largest absolute Gasteiger partial charge is 0.336 e. The topological polar surface area (TPSA) is 54.3 Å². The Labute approximate surface area is 194 Å². The molecule has 4 aromatic rings. The molecule has 0 bridgehead atoms. The molecule has 1 aliphatic rings. The predicted molar refractivity (Wildman–Crippen MR) is 131 cm³/mol. The second-order valence-corrected chi connectivity index (χ2v) is 8.90. The van der Waals surface area contributed by atoms with Crippen LogP contribution in [0.2, 0.25) is 0 Å². The third kappa shape index (κ3) is 4.26. The monoisotopic (exact) mass is 439 g/mol. The lowest BCUT2D eigenvalue weighted by Gasteiger charge is -2.35. The van der Waals surface area contributed by atoms with E-state index in [4.69, 9.17) is 0 Å². The van der Waals surface area contributed by atoms with E-state index >= 15 is 0 Å². The van der Waals surface area contributed by atoms with Crippen molar-refractivity contribution < 1.29 is 4.79 Å². The van der Waals surface area contributed by atoms with Crippen molar-refractivity contribution in [1.82, 2.24) is 24.6 Å². The first kappa shape index (κ1) is 21.3. The van der Waals surface area contributed by atoms with Crippen molar-refractivity contribution in [1.29, 1.82) is 0 Å². The van der Waals surface area contributed by atoms with Crippen molar-refractivity contribution in [3.8, 4) is 5.82 Å². The minimum atomic E-state index is 0.0608. The normalized spacial score (nSPS) is 14.8. The summed E-state index contributed by atoms with van der Waals surface area (Å²) in [4.78, 5) is 22.3. The number of piperazine rings is 1. The van der Waals surface area contributed by atoms with Crippen molar-refractivity contribution >= 4 is 16.7 Å². The van der Waals surface area contributed by atoms with Crippen molar-refractivity contribution in [2.24, 2.45) is 0 Å². The molecule has 0 N–H and O–H groups in total. The van der Waals surface area contributed by atoms with E-state index in [-0.39, 0.29) is 11.8 Å². The van der Waals surface area contributed by atoms with Crippen LogP contribution in [0.5, 0.6) is 0 Å². The highest BCUT2D eigenvalue weighted by molar-refractivity contribution is 5.95. The highest BCUT2D eigenvalue weighted by Crippen LogP contribution is 2.25. The van der Waals surface area contributed by atoms with Crippen molar-refractivity contribution in [3.63, 3.8) is 0 Å². The highest BCUT2D eigenvalue weighted by Gasteiger charge is 2.28. The maximum absolute atomic E-state index is 13.4. The van der Waals surface area contributed by atoms with Gasteiger partial charge in [-0.2, -0.15) is 5.10 Å². The summed E-state index contributed by atoms with van der Waals surface area (Å²) in [5.41, 5.74) is 2.93. The summed E-state index contributed by atoms with van der Waals surface area (Å²) in [5.74, 6) is 0.951. The molecular formula is C27H29N5O. The van der Waals surface area contributed by atoms with Crippen LogP contribution >= 0.6 is 0 Å². The number of benzene rings is 2. The van der Waals surface area contributed by atoms with Crippen LogP contribution in [0.4, 0.5) is 0 Å². The first-order chi connectivity index (χ1) is 16.1. The number of amides is 1. The molecule has 168 valence electrons. The van der Waals surface area contributed by atoms with E-state index in [1.807, 2.05) is 23.1 Å². The van der Waals surface area contributed by atoms with E-state index in [0.29, 0.717) is 5.56 Å². The van der Waals surface area contributed by atoms with E-state index in [2.05, 4.69) is 71.3 Å². The standard InChI is InChI=1S/C27H29N5O/c1-20(2)26-24(18-29-32(26)25-12-5-6-13-28-25)27(33)31-16-14-30(15-17-31)19-22-10-7-9-21-8-3-4-11-23(21)22/h3-13,18,20H,14-17,19H2,1-2H3. The van der Waals surface area contributed by atoms with E-state index < -0.39 is 0 Å². The molecule has 6 nitrogen and oxygen atoms in total. The summed E-state index contributed by atoms with van der Waals surface area (Å²) in [6.07, 6.45) is 3.45. The number of pyridine rings is 1. The molecular weight excluding hydrogens is 410 g/mol. The van der Waals surface area contributed by atoms with Crippen LogP contribution in [0.15, 0.2) is 73.1 Å². The van der Waals surface area contributed by atoms with Gasteiger partial charge < -0.3 is 4.90 Å². The summed E-state index contributed by atoms with van der Waals surface area (Å²) in [6.45, 7) is 8.25. The molecule has 5 rings (SSSR count). The number of rotatable bonds is 5. The van der Waals surface area contributed by atoms with Crippen LogP contribution in [0.25, 0.3) is 16.6 Å². The average molecular weight is 440 g/mol. The second kappa shape index (κ2) is 9.16. The van der Waals surface area contributed by atoms with E-state index in [0.717, 1.165) is 44.2 Å². The zero-order valence-corrected chi connectivity index (χ0v) is 19.2. The Kier molecular flexibility index (Phi) is 5.92. The van der Waals surface area contributed by atoms with Gasteiger partial charge in [0.2, 0.25) is 0 Å². The summed E-state index contributed by atoms with van der Waals surface area (Å²) in [6, 6.07) is 20.8. The van der Waals surface area contributed by atoms with Gasteiger partial charge in [0.05, 0.1) is 17.5 Å². The predicted octanol–water partition coefficient (Wildman–Crippen LogP) is 4.50. The lowest BCUT2D eigenvalue weighted by atomic mass is 10.0. The lowest BCUT2D eigenvalue weighted by Crippen LogP contribution is -2.48. The Morgan fingerprint density at radius 2 is 1.70 bits per heavy atom. The Morgan fingerprint density at radius 3 is 2.45 bits per heavy atom. The third-order valence-electron chi connectivity index (χ3n) is 6.38. The molecule has 1 saturated heterocycles. The van der Waals surface area contributed by atoms with Gasteiger partial charge in [0.1, 0.15) is 0 Å². The van der Waals surface area contributed by atoms with Crippen LogP contribution in [0.1, 0.15) is 41.4 Å². The Balaban J connectivity index is 1.30. The SMILES string of the molecule is CC(C)c1c(C(=O)N2CCN(Cc3cccc4ccccc34)CC2)cnn1-c1ccccn1. The van der Waals surface area contributed by atoms with Gasteiger partial charge in [-0.1, -0.05) is 62.4 Å². The van der Waals surface area contributed by atoms with Gasteiger partial charge in [0, 0.05) is 38.9 Å². The van der Waals surface area contributed by atoms with Crippen LogP contribution < -0.4 is 0 Å². The minimum absolute atomic E-state index is 0.0608. The summed E-state index contributed by atoms with van der Waals surface area (Å²) in [7, 11) is 0. The fourth-order valence-electron chi connectivity index (χ4n) is 4.69. The number of hydrogen-bond acceptors (Lipinski definition) is 4. The van der Waals surface area contributed by atoms with Crippen molar-refractivity contribution in [2.45, 2.75) is 26.3 Å². The quantitative estimate of drug-likeness (QED) is 0.459. The Morgan fingerprint density at radius 1 is 0.939 bits per heavy atom. The van der Waals surface area contributed by atoms with Crippen LogP contribution in [-0.2, 0) is 6.54 Å². The number of carbonyl (C=O) groups excluding carboxylic acids is 1. The molecule has 3 heterocycles. The molecule has 0 atom stereocenters. The zero-order valence-electron chi connectivity index (χ0n) is 19.2. The fourth-order valence-corrected chi connectivity index (χ4v) is 4.69. The number of fused-ring (bicyclic) bond motifs is 1. The first-order valence-electron chi connectivity index (χ1n) is 11.6. The molecule has 6 heteroatoms. The molecule has 0 aliphatic carbocycles. The first-order valence-corrected chi connectivity index (χ1v) is 11.6. The second-order valence-electron chi connectivity index (χ2n) is 8.90. The molecule has 0 saturated carbocycles. The summed E-state index contributed by atoms with van der Waals surface area (Å²) in [5, 5.41) is 7.10. The van der Waals surface area contributed by atoms with Crippen molar-refractivity contribution in [3.05, 3.63) is 89.9 Å². The van der Waals surface area contributed by atoms with Gasteiger partial charge in [-0.25, -0.2) is 9.67 Å². The summed E-state index contributed by atoms with van der Waals surface area (Å²) >= 11 is 0. The molecule has 2 aromatic heterocycles. The molecule has 0 unspecified atom stereocenters. The Hall–Kier alpha value is -3.51. The van der Waals surface area contributed by atoms with Gasteiger partial charge in [0.25, 0.3) is 5.91 Å². The van der Waals surface area contributed by atoms with Gasteiger partial charge in [-0.05, 0) is 34.4 Å². The number of hydrogen-bond donors (Lipinski definition) is 0. The molecule has 0 radical (unpaired) electrons. The minimum Gasteiger partial charge on any atom is -0.336 e. The average Bonchev–Trinajstić information content (AvgIpc) is 3.31. The van der Waals surface area contributed by atoms with Gasteiger partial charge >= 0.3 is 0 Å². The molecule has 1 aliphatic heterocycles. The molecule has 2 aromatic carbocycles. The smallest absolute Gasteiger partial charge is 0.257 e. The van der Waals surface area contributed by atoms with E-state index in [9.17, 15) is 4.79 Å². The van der Waals surface area contributed by atoms with Crippen LogP contribution in [-0.4, -0.2) is 56.7 Å². The van der Waals surface area contributed by atoms with E-state index in [1.165, 1.54) is 16.3 Å². The molecule has 1 fully saturated rings. The van der Waals surface area contributed by atoms with Gasteiger partial charge in [-0.15, -0.1) is 0 Å². The maximum atomic E-state index is 13.4. The van der Waals surface area contributed by atoms with Crippen LogP contribution in [0.3, 0.4) is 0 Å². The maximum Gasteiger partial charge on any atom is 0.257 e. The van der Waals surface area contributed by atoms with Crippen molar-refractivity contribution in [2.75, 3.05) is 26.2 Å². The fraction of sp³-hybridized carbons (Fsp3) is 0.296.